The van der Waals surface area contributed by atoms with Crippen LogP contribution >= 0.6 is 12.2 Å². The summed E-state index contributed by atoms with van der Waals surface area (Å²) in [4.78, 5) is 12.7. The molecule has 3 nitrogen and oxygen atoms in total. The Morgan fingerprint density at radius 2 is 1.96 bits per heavy atom. The largest absolute Gasteiger partial charge is 0.470 e. The maximum atomic E-state index is 12.7. The fourth-order valence-electron chi connectivity index (χ4n) is 3.42. The monoisotopic (exact) mass is 333 g/mol. The van der Waals surface area contributed by atoms with Crippen molar-refractivity contribution in [2.45, 2.75) is 47.0 Å². The van der Waals surface area contributed by atoms with Crippen molar-refractivity contribution in [3.8, 4) is 0 Å². The molecule has 1 aliphatic carbocycles. The van der Waals surface area contributed by atoms with Gasteiger partial charge < -0.3 is 10.1 Å². The van der Waals surface area contributed by atoms with E-state index in [1.54, 1.807) is 0 Å². The van der Waals surface area contributed by atoms with Crippen LogP contribution in [0, 0.1) is 16.7 Å². The average molecular weight is 333 g/mol. The van der Waals surface area contributed by atoms with Crippen molar-refractivity contribution in [2.24, 2.45) is 16.7 Å². The molecule has 2 rings (SSSR count). The van der Waals surface area contributed by atoms with Gasteiger partial charge in [0.05, 0.1) is 6.61 Å². The summed E-state index contributed by atoms with van der Waals surface area (Å²) in [6, 6.07) is 9.64. The van der Waals surface area contributed by atoms with Gasteiger partial charge in [0.1, 0.15) is 5.78 Å². The fourth-order valence-corrected chi connectivity index (χ4v) is 3.62. The summed E-state index contributed by atoms with van der Waals surface area (Å²) in [5.41, 5.74) is 0.665. The number of benzene rings is 1. The number of para-hydroxylation sites is 1. The Kier molecular flexibility index (Phi) is 5.45. The van der Waals surface area contributed by atoms with E-state index in [1.807, 2.05) is 30.3 Å². The molecule has 0 radical (unpaired) electrons. The standard InChI is InChI=1S/C19H27NO2S/c1-14-10-12-19(4,18(14,2)3)16(21)11-13-22-17(23)20-15-8-6-5-7-9-15/h5-9,14H,10-13H2,1-4H3,(H,20,23)/t14-,19+/m1/s1. The lowest BCUT2D eigenvalue weighted by Crippen LogP contribution is -2.40. The number of ether oxygens (including phenoxy) is 1. The highest BCUT2D eigenvalue weighted by molar-refractivity contribution is 7.80. The van der Waals surface area contributed by atoms with E-state index in [4.69, 9.17) is 17.0 Å². The summed E-state index contributed by atoms with van der Waals surface area (Å²) >= 11 is 5.17. The van der Waals surface area contributed by atoms with Gasteiger partial charge in [-0.1, -0.05) is 45.9 Å². The van der Waals surface area contributed by atoms with Crippen LogP contribution in [0.15, 0.2) is 30.3 Å². The highest BCUT2D eigenvalue weighted by Gasteiger charge is 2.53. The van der Waals surface area contributed by atoms with E-state index >= 15 is 0 Å². The quantitative estimate of drug-likeness (QED) is 0.784. The van der Waals surface area contributed by atoms with Crippen LogP contribution in [0.1, 0.15) is 47.0 Å². The van der Waals surface area contributed by atoms with Crippen LogP contribution in [0.3, 0.4) is 0 Å². The molecular formula is C19H27NO2S. The number of ketones is 1. The zero-order chi connectivity index (χ0) is 17.1. The highest BCUT2D eigenvalue weighted by Crippen LogP contribution is 2.56. The number of carbonyl (C=O) groups excluding carboxylic acids is 1. The Morgan fingerprint density at radius 3 is 2.52 bits per heavy atom. The van der Waals surface area contributed by atoms with E-state index in [-0.39, 0.29) is 16.6 Å². The van der Waals surface area contributed by atoms with E-state index in [0.29, 0.717) is 24.1 Å². The summed E-state index contributed by atoms with van der Waals surface area (Å²) in [6.45, 7) is 9.11. The van der Waals surface area contributed by atoms with Crippen LogP contribution in [-0.2, 0) is 9.53 Å². The Labute approximate surface area is 144 Å². The maximum Gasteiger partial charge on any atom is 0.261 e. The van der Waals surface area contributed by atoms with Crippen molar-refractivity contribution in [1.29, 1.82) is 0 Å². The summed E-state index contributed by atoms with van der Waals surface area (Å²) in [5.74, 6) is 0.854. The molecule has 0 saturated heterocycles. The highest BCUT2D eigenvalue weighted by atomic mass is 32.1. The Bertz CT molecular complexity index is 570. The van der Waals surface area contributed by atoms with Gasteiger partial charge in [0, 0.05) is 17.5 Å². The molecule has 2 atom stereocenters. The number of rotatable bonds is 5. The van der Waals surface area contributed by atoms with E-state index in [1.165, 1.54) is 0 Å². The van der Waals surface area contributed by atoms with Crippen LogP contribution in [0.5, 0.6) is 0 Å². The number of Topliss-reactive ketones (excluding diaryl/α,β-unsaturated/α-hetero) is 1. The van der Waals surface area contributed by atoms with E-state index in [2.05, 4.69) is 33.0 Å². The van der Waals surface area contributed by atoms with Gasteiger partial charge in [0.2, 0.25) is 0 Å². The molecule has 0 spiro atoms. The molecule has 1 fully saturated rings. The van der Waals surface area contributed by atoms with Gasteiger partial charge in [-0.15, -0.1) is 0 Å². The lowest BCUT2D eigenvalue weighted by Gasteiger charge is -2.39. The zero-order valence-corrected chi connectivity index (χ0v) is 15.3. The van der Waals surface area contributed by atoms with E-state index in [0.717, 1.165) is 18.5 Å². The third kappa shape index (κ3) is 3.74. The first-order valence-electron chi connectivity index (χ1n) is 8.29. The second-order valence-electron chi connectivity index (χ2n) is 7.29. The number of anilines is 1. The predicted octanol–water partition coefficient (Wildman–Crippen LogP) is 4.82. The Hall–Kier alpha value is -1.42. The number of hydrogen-bond donors (Lipinski definition) is 1. The van der Waals surface area contributed by atoms with Crippen LogP contribution in [0.2, 0.25) is 0 Å². The smallest absolute Gasteiger partial charge is 0.261 e. The molecule has 1 N–H and O–H groups in total. The molecule has 0 amide bonds. The molecule has 0 aliphatic heterocycles. The topological polar surface area (TPSA) is 38.3 Å². The van der Waals surface area contributed by atoms with Crippen LogP contribution in [0.4, 0.5) is 5.69 Å². The molecular weight excluding hydrogens is 306 g/mol. The molecule has 126 valence electrons. The van der Waals surface area contributed by atoms with Gasteiger partial charge in [-0.3, -0.25) is 4.79 Å². The van der Waals surface area contributed by atoms with Gasteiger partial charge in [-0.05, 0) is 48.5 Å². The van der Waals surface area contributed by atoms with Crippen molar-refractivity contribution >= 4 is 28.9 Å². The molecule has 1 saturated carbocycles. The van der Waals surface area contributed by atoms with Gasteiger partial charge in [0.15, 0.2) is 0 Å². The second kappa shape index (κ2) is 7.00. The van der Waals surface area contributed by atoms with Crippen molar-refractivity contribution in [2.75, 3.05) is 11.9 Å². The SMILES string of the molecule is C[C@@H]1CC[C@@](C)(C(=O)CCOC(=S)Nc2ccccc2)C1(C)C. The lowest BCUT2D eigenvalue weighted by molar-refractivity contribution is -0.134. The Morgan fingerprint density at radius 1 is 1.30 bits per heavy atom. The summed E-state index contributed by atoms with van der Waals surface area (Å²) in [7, 11) is 0. The van der Waals surface area contributed by atoms with Crippen molar-refractivity contribution in [1.82, 2.24) is 0 Å². The van der Waals surface area contributed by atoms with Crippen LogP contribution in [0.25, 0.3) is 0 Å². The van der Waals surface area contributed by atoms with Crippen LogP contribution in [-0.4, -0.2) is 17.6 Å². The molecule has 1 aromatic rings. The first kappa shape index (κ1) is 17.9. The minimum Gasteiger partial charge on any atom is -0.470 e. The number of carbonyl (C=O) groups is 1. The Balaban J connectivity index is 1.82. The first-order chi connectivity index (χ1) is 10.8. The second-order valence-corrected chi connectivity index (χ2v) is 7.66. The van der Waals surface area contributed by atoms with E-state index in [9.17, 15) is 4.79 Å². The molecule has 0 aromatic heterocycles. The molecule has 1 aromatic carbocycles. The fraction of sp³-hybridized carbons (Fsp3) is 0.579. The number of nitrogens with one attached hydrogen (secondary N) is 1. The zero-order valence-electron chi connectivity index (χ0n) is 14.5. The molecule has 0 unspecified atom stereocenters. The molecule has 4 heteroatoms. The molecule has 0 bridgehead atoms. The normalized spacial score (nSPS) is 25.8. The average Bonchev–Trinajstić information content (AvgIpc) is 2.72. The number of hydrogen-bond acceptors (Lipinski definition) is 3. The van der Waals surface area contributed by atoms with Crippen molar-refractivity contribution < 1.29 is 9.53 Å². The lowest BCUT2D eigenvalue weighted by atomic mass is 9.63. The number of thiocarbonyl (C=S) groups is 1. The first-order valence-corrected chi connectivity index (χ1v) is 8.70. The molecule has 0 heterocycles. The third-order valence-corrected chi connectivity index (χ3v) is 6.15. The van der Waals surface area contributed by atoms with E-state index < -0.39 is 0 Å². The van der Waals surface area contributed by atoms with Gasteiger partial charge in [-0.25, -0.2) is 0 Å². The van der Waals surface area contributed by atoms with Crippen molar-refractivity contribution in [3.63, 3.8) is 0 Å². The summed E-state index contributed by atoms with van der Waals surface area (Å²) < 4.78 is 5.52. The third-order valence-electron chi connectivity index (χ3n) is 5.93. The minimum atomic E-state index is -0.260. The van der Waals surface area contributed by atoms with Gasteiger partial charge in [-0.2, -0.15) is 0 Å². The summed E-state index contributed by atoms with van der Waals surface area (Å²) in [5, 5.41) is 3.33. The maximum absolute atomic E-state index is 12.7. The minimum absolute atomic E-state index is 0.0346. The van der Waals surface area contributed by atoms with Crippen LogP contribution < -0.4 is 5.32 Å². The van der Waals surface area contributed by atoms with Crippen molar-refractivity contribution in [3.05, 3.63) is 30.3 Å². The summed E-state index contributed by atoms with van der Waals surface area (Å²) in [6.07, 6.45) is 2.49. The van der Waals surface area contributed by atoms with Gasteiger partial charge in [0.25, 0.3) is 5.17 Å². The predicted molar refractivity (Wildman–Crippen MR) is 98.5 cm³/mol. The molecule has 23 heavy (non-hydrogen) atoms. The molecule has 1 aliphatic rings. The van der Waals surface area contributed by atoms with Gasteiger partial charge >= 0.3 is 0 Å².